The Labute approximate surface area is 215 Å². The smallest absolute Gasteiger partial charge is 0.284 e. The molecule has 1 N–H and O–H groups in total. The number of aromatic nitrogens is 5. The minimum Gasteiger partial charge on any atom is -0.372 e. The summed E-state index contributed by atoms with van der Waals surface area (Å²) in [5.41, 5.74) is 0.180. The zero-order chi connectivity index (χ0) is 26.3. The largest absolute Gasteiger partial charge is 0.372 e. The Morgan fingerprint density at radius 2 is 1.84 bits per heavy atom. The number of nitrogens with one attached hydrogen (secondary N) is 1. The van der Waals surface area contributed by atoms with Crippen molar-refractivity contribution in [2.24, 2.45) is 11.8 Å². The lowest BCUT2D eigenvalue weighted by atomic mass is 9.80. The predicted molar refractivity (Wildman–Crippen MR) is 136 cm³/mol. The lowest BCUT2D eigenvalue weighted by molar-refractivity contribution is -0.00545. The Hall–Kier alpha value is -3.08. The lowest BCUT2D eigenvalue weighted by Gasteiger charge is -2.36. The van der Waals surface area contributed by atoms with Gasteiger partial charge < -0.3 is 15.0 Å². The number of anilines is 2. The zero-order valence-corrected chi connectivity index (χ0v) is 21.8. The molecule has 3 aromatic heterocycles. The van der Waals surface area contributed by atoms with Gasteiger partial charge in [-0.1, -0.05) is 13.8 Å². The third-order valence-electron chi connectivity index (χ3n) is 7.62. The van der Waals surface area contributed by atoms with E-state index in [-0.39, 0.29) is 29.5 Å². The summed E-state index contributed by atoms with van der Waals surface area (Å²) in [5.74, 6) is 1.42. The molecule has 0 spiro atoms. The van der Waals surface area contributed by atoms with E-state index in [1.807, 2.05) is 19.9 Å². The molecule has 0 aromatic carbocycles. The van der Waals surface area contributed by atoms with Crippen LogP contribution in [0.3, 0.4) is 0 Å². The summed E-state index contributed by atoms with van der Waals surface area (Å²) in [6.45, 7) is 9.83. The van der Waals surface area contributed by atoms with Gasteiger partial charge in [-0.25, -0.2) is 18.3 Å². The highest BCUT2D eigenvalue weighted by Gasteiger charge is 2.29. The molecule has 0 radical (unpaired) electrons. The molecule has 2 aliphatic rings. The molecular formula is C26H35F2N7O2. The number of nitrogens with zero attached hydrogens (tertiary/aromatic N) is 6. The molecule has 37 heavy (non-hydrogen) atoms. The maximum Gasteiger partial charge on any atom is 0.284 e. The highest BCUT2D eigenvalue weighted by Crippen LogP contribution is 2.37. The van der Waals surface area contributed by atoms with Crippen LogP contribution in [-0.2, 0) is 4.74 Å². The van der Waals surface area contributed by atoms with Crippen LogP contribution in [0.4, 0.5) is 20.3 Å². The van der Waals surface area contributed by atoms with Gasteiger partial charge in [-0.05, 0) is 57.4 Å². The molecule has 1 saturated carbocycles. The van der Waals surface area contributed by atoms with Crippen molar-refractivity contribution >= 4 is 23.1 Å². The van der Waals surface area contributed by atoms with E-state index in [1.54, 1.807) is 17.1 Å². The molecule has 1 aliphatic heterocycles. The van der Waals surface area contributed by atoms with Crippen molar-refractivity contribution in [2.45, 2.75) is 78.1 Å². The van der Waals surface area contributed by atoms with E-state index in [1.165, 1.54) is 10.7 Å². The summed E-state index contributed by atoms with van der Waals surface area (Å²) in [5, 5.41) is 11.1. The van der Waals surface area contributed by atoms with Gasteiger partial charge in [0.15, 0.2) is 11.3 Å². The van der Waals surface area contributed by atoms with Crippen LogP contribution < -0.4 is 10.2 Å². The van der Waals surface area contributed by atoms with Crippen molar-refractivity contribution in [1.29, 1.82) is 0 Å². The van der Waals surface area contributed by atoms with E-state index in [9.17, 15) is 13.6 Å². The molecule has 1 saturated heterocycles. The molecule has 9 nitrogen and oxygen atoms in total. The summed E-state index contributed by atoms with van der Waals surface area (Å²) in [7, 11) is 0. The number of amides is 1. The Morgan fingerprint density at radius 3 is 2.49 bits per heavy atom. The minimum atomic E-state index is -2.80. The third kappa shape index (κ3) is 5.32. The molecular weight excluding hydrogens is 480 g/mol. The van der Waals surface area contributed by atoms with Crippen molar-refractivity contribution in [3.05, 3.63) is 35.9 Å². The average Bonchev–Trinajstić information content (AvgIpc) is 3.47. The maximum atomic E-state index is 13.9. The Kier molecular flexibility index (Phi) is 7.15. The number of rotatable bonds is 6. The second kappa shape index (κ2) is 10.4. The molecule has 1 amide bonds. The third-order valence-corrected chi connectivity index (χ3v) is 7.62. The van der Waals surface area contributed by atoms with Crippen LogP contribution in [0.2, 0.25) is 0 Å². The highest BCUT2D eigenvalue weighted by atomic mass is 19.3. The molecule has 3 aromatic rings. The molecule has 1 aliphatic carbocycles. The fourth-order valence-electron chi connectivity index (χ4n) is 5.63. The highest BCUT2D eigenvalue weighted by molar-refractivity contribution is 6.08. The van der Waals surface area contributed by atoms with Gasteiger partial charge in [0.25, 0.3) is 12.3 Å². The van der Waals surface area contributed by atoms with Crippen LogP contribution in [0.1, 0.15) is 81.9 Å². The first-order valence-corrected chi connectivity index (χ1v) is 13.1. The van der Waals surface area contributed by atoms with Crippen molar-refractivity contribution < 1.29 is 18.3 Å². The van der Waals surface area contributed by atoms with E-state index < -0.39 is 18.0 Å². The van der Waals surface area contributed by atoms with Gasteiger partial charge in [-0.3, -0.25) is 9.48 Å². The molecule has 2 atom stereocenters. The standard InChI is InChI=1S/C26H35F2N7O2/c1-15(2)18-5-7-19(8-6-18)35-14-21(23(32-35)24(27)28)30-26(36)20-11-29-34-10-9-22(31-25(20)34)33-12-16(3)37-17(4)13-33/h9-11,14-19,24H,5-8,12-13H2,1-4H3,(H,30,36)/t16-,17-,18?,19?/m1/s1. The number of alkyl halides is 2. The first-order chi connectivity index (χ1) is 17.7. The van der Waals surface area contributed by atoms with Gasteiger partial charge >= 0.3 is 0 Å². The molecule has 11 heteroatoms. The van der Waals surface area contributed by atoms with Crippen LogP contribution in [0.25, 0.3) is 5.65 Å². The normalized spacial score (nSPS) is 24.8. The Morgan fingerprint density at radius 1 is 1.14 bits per heavy atom. The van der Waals surface area contributed by atoms with E-state index >= 15 is 0 Å². The van der Waals surface area contributed by atoms with Crippen molar-refractivity contribution in [1.82, 2.24) is 24.4 Å². The van der Waals surface area contributed by atoms with Crippen LogP contribution in [0, 0.1) is 11.8 Å². The SMILES string of the molecule is CC(C)C1CCC(n2cc(NC(=O)c3cnn4ccc(N5C[C@@H](C)O[C@H](C)C5)nc34)c(C(F)F)n2)CC1. The first-order valence-electron chi connectivity index (χ1n) is 13.1. The number of ether oxygens (including phenoxy) is 1. The maximum absolute atomic E-state index is 13.9. The van der Waals surface area contributed by atoms with Crippen LogP contribution >= 0.6 is 0 Å². The number of morpholine rings is 1. The summed E-state index contributed by atoms with van der Waals surface area (Å²) < 4.78 is 36.7. The summed E-state index contributed by atoms with van der Waals surface area (Å²) in [6, 6.07) is 1.90. The summed E-state index contributed by atoms with van der Waals surface area (Å²) in [6.07, 6.45) is 5.87. The fraction of sp³-hybridized carbons (Fsp3) is 0.615. The Balaban J connectivity index is 1.37. The predicted octanol–water partition coefficient (Wildman–Crippen LogP) is 5.12. The number of hydrogen-bond donors (Lipinski definition) is 1. The molecule has 0 unspecified atom stereocenters. The Bertz CT molecular complexity index is 1240. The van der Waals surface area contributed by atoms with Crippen molar-refractivity contribution in [2.75, 3.05) is 23.3 Å². The van der Waals surface area contributed by atoms with Gasteiger partial charge in [0.2, 0.25) is 0 Å². The zero-order valence-electron chi connectivity index (χ0n) is 21.8. The van der Waals surface area contributed by atoms with Gasteiger partial charge in [0, 0.05) is 25.5 Å². The monoisotopic (exact) mass is 515 g/mol. The topological polar surface area (TPSA) is 89.6 Å². The van der Waals surface area contributed by atoms with E-state index in [2.05, 4.69) is 39.2 Å². The quantitative estimate of drug-likeness (QED) is 0.490. The van der Waals surface area contributed by atoms with E-state index in [0.717, 1.165) is 25.7 Å². The fourth-order valence-corrected chi connectivity index (χ4v) is 5.63. The van der Waals surface area contributed by atoms with E-state index in [4.69, 9.17) is 4.74 Å². The van der Waals surface area contributed by atoms with Crippen LogP contribution in [0.5, 0.6) is 0 Å². The summed E-state index contributed by atoms with van der Waals surface area (Å²) in [4.78, 5) is 20.0. The van der Waals surface area contributed by atoms with Gasteiger partial charge in [0.05, 0.1) is 30.1 Å². The molecule has 2 fully saturated rings. The summed E-state index contributed by atoms with van der Waals surface area (Å²) >= 11 is 0. The van der Waals surface area contributed by atoms with Gasteiger partial charge in [-0.2, -0.15) is 10.2 Å². The second-order valence-electron chi connectivity index (χ2n) is 10.7. The van der Waals surface area contributed by atoms with Gasteiger partial charge in [0.1, 0.15) is 11.4 Å². The van der Waals surface area contributed by atoms with Crippen molar-refractivity contribution in [3.63, 3.8) is 0 Å². The number of fused-ring (bicyclic) bond motifs is 1. The molecule has 5 rings (SSSR count). The molecule has 4 heterocycles. The number of carbonyl (C=O) groups excluding carboxylic acids is 1. The number of hydrogen-bond acceptors (Lipinski definition) is 6. The van der Waals surface area contributed by atoms with E-state index in [0.29, 0.717) is 36.4 Å². The van der Waals surface area contributed by atoms with Crippen LogP contribution in [-0.4, -0.2) is 55.6 Å². The first kappa shape index (κ1) is 25.6. The van der Waals surface area contributed by atoms with Gasteiger partial charge in [-0.15, -0.1) is 0 Å². The molecule has 0 bridgehead atoms. The number of carbonyl (C=O) groups is 1. The number of halogens is 2. The van der Waals surface area contributed by atoms with Crippen molar-refractivity contribution in [3.8, 4) is 0 Å². The molecule has 200 valence electrons. The minimum absolute atomic E-state index is 0.0253. The average molecular weight is 516 g/mol. The lowest BCUT2D eigenvalue weighted by Crippen LogP contribution is -2.45. The second-order valence-corrected chi connectivity index (χ2v) is 10.7. The van der Waals surface area contributed by atoms with Crippen LogP contribution in [0.15, 0.2) is 24.7 Å².